The summed E-state index contributed by atoms with van der Waals surface area (Å²) in [6.07, 6.45) is -0.141. The minimum atomic E-state index is -1.60. The second-order valence-corrected chi connectivity index (χ2v) is 10.8. The molecule has 0 unspecified atom stereocenters. The van der Waals surface area contributed by atoms with Crippen LogP contribution in [0.15, 0.2) is 0 Å². The molecule has 0 radical (unpaired) electrons. The van der Waals surface area contributed by atoms with Gasteiger partial charge in [0.15, 0.2) is 0 Å². The van der Waals surface area contributed by atoms with Gasteiger partial charge in [-0.15, -0.1) is 0 Å². The van der Waals surface area contributed by atoms with Crippen LogP contribution in [0.1, 0.15) is 0 Å². The first kappa shape index (κ1) is 9.32. The Labute approximate surface area is 59.4 Å². The molecule has 0 aromatic rings. The van der Waals surface area contributed by atoms with Gasteiger partial charge in [-0.3, -0.25) is 4.39 Å². The van der Waals surface area contributed by atoms with E-state index in [2.05, 4.69) is 17.7 Å². The average molecular weight is 165 g/mol. The molecule has 0 aromatic carbocycles. The van der Waals surface area contributed by atoms with Gasteiger partial charge in [0.2, 0.25) is 0 Å². The van der Waals surface area contributed by atoms with Gasteiger partial charge in [-0.25, -0.2) is 0 Å². The standard InChI is InChI=1S/C5H16FNSi2/c1-8(2)7-9(3,4)5-6/h7-8H,5H2,1-4H3. The molecule has 1 N–H and O–H groups in total. The van der Waals surface area contributed by atoms with Gasteiger partial charge >= 0.3 is 0 Å². The third kappa shape index (κ3) is 4.80. The SMILES string of the molecule is C[SiH](C)N[Si](C)(C)CF. The lowest BCUT2D eigenvalue weighted by atomic mass is 11.8. The van der Waals surface area contributed by atoms with Crippen molar-refractivity contribution in [2.24, 2.45) is 0 Å². The predicted molar refractivity (Wildman–Crippen MR) is 45.5 cm³/mol. The summed E-state index contributed by atoms with van der Waals surface area (Å²) in [5.41, 5.74) is 0. The largest absolute Gasteiger partial charge is 0.360 e. The van der Waals surface area contributed by atoms with Crippen molar-refractivity contribution < 1.29 is 4.39 Å². The predicted octanol–water partition coefficient (Wildman–Crippen LogP) is 1.27. The zero-order chi connectivity index (χ0) is 7.49. The van der Waals surface area contributed by atoms with Gasteiger partial charge in [0.05, 0.1) is 15.3 Å². The van der Waals surface area contributed by atoms with Crippen LogP contribution in [-0.4, -0.2) is 23.5 Å². The lowest BCUT2D eigenvalue weighted by molar-refractivity contribution is 0.579. The molecule has 1 nitrogen and oxygen atoms in total. The topological polar surface area (TPSA) is 12.0 Å². The Morgan fingerprint density at radius 3 is 2.00 bits per heavy atom. The van der Waals surface area contributed by atoms with Crippen LogP contribution in [0.4, 0.5) is 4.39 Å². The summed E-state index contributed by atoms with van der Waals surface area (Å²) in [5, 5.41) is 0. The Balaban J connectivity index is 3.58. The molecule has 0 spiro atoms. The fourth-order valence-corrected chi connectivity index (χ4v) is 7.38. The van der Waals surface area contributed by atoms with E-state index in [-0.39, 0.29) is 6.30 Å². The molecule has 0 aromatic heterocycles. The van der Waals surface area contributed by atoms with Crippen LogP contribution >= 0.6 is 0 Å². The third-order valence-electron chi connectivity index (χ3n) is 1.01. The van der Waals surface area contributed by atoms with Crippen LogP contribution < -0.4 is 4.65 Å². The number of hydrogen-bond donors (Lipinski definition) is 1. The van der Waals surface area contributed by atoms with Crippen molar-refractivity contribution in [2.45, 2.75) is 26.2 Å². The van der Waals surface area contributed by atoms with E-state index < -0.39 is 17.2 Å². The molecule has 0 fully saturated rings. The number of halogens is 1. The molecule has 0 saturated heterocycles. The Morgan fingerprint density at radius 2 is 1.89 bits per heavy atom. The van der Waals surface area contributed by atoms with Crippen molar-refractivity contribution in [1.82, 2.24) is 4.65 Å². The fraction of sp³-hybridized carbons (Fsp3) is 1.00. The summed E-state index contributed by atoms with van der Waals surface area (Å²) in [6, 6.07) is 0. The summed E-state index contributed by atoms with van der Waals surface area (Å²) >= 11 is 0. The van der Waals surface area contributed by atoms with Gasteiger partial charge in [-0.05, 0) is 0 Å². The molecule has 0 rings (SSSR count). The molecule has 0 aliphatic rings. The average Bonchev–Trinajstić information content (AvgIpc) is 1.63. The van der Waals surface area contributed by atoms with Crippen molar-refractivity contribution in [3.05, 3.63) is 0 Å². The van der Waals surface area contributed by atoms with E-state index in [0.717, 1.165) is 0 Å². The first-order valence-electron chi connectivity index (χ1n) is 3.31. The van der Waals surface area contributed by atoms with Crippen molar-refractivity contribution in [3.8, 4) is 0 Å². The highest BCUT2D eigenvalue weighted by molar-refractivity contribution is 6.83. The number of nitrogens with one attached hydrogen (secondary N) is 1. The summed E-state index contributed by atoms with van der Waals surface area (Å²) in [4.78, 5) is 0. The van der Waals surface area contributed by atoms with Crippen LogP contribution in [0.2, 0.25) is 26.2 Å². The first-order valence-corrected chi connectivity index (χ1v) is 9.41. The molecular formula is C5H16FNSi2. The molecule has 0 aliphatic carbocycles. The molecule has 0 amide bonds. The van der Waals surface area contributed by atoms with Gasteiger partial charge in [-0.2, -0.15) is 0 Å². The highest BCUT2D eigenvalue weighted by atomic mass is 28.4. The van der Waals surface area contributed by atoms with Gasteiger partial charge in [0, 0.05) is 0 Å². The maximum absolute atomic E-state index is 12.2. The highest BCUT2D eigenvalue weighted by Crippen LogP contribution is 1.97. The van der Waals surface area contributed by atoms with Crippen LogP contribution in [0.25, 0.3) is 0 Å². The van der Waals surface area contributed by atoms with E-state index in [9.17, 15) is 4.39 Å². The van der Waals surface area contributed by atoms with E-state index in [1.54, 1.807) is 0 Å². The molecule has 0 bridgehead atoms. The minimum Gasteiger partial charge on any atom is -0.360 e. The minimum absolute atomic E-state index is 0.141. The van der Waals surface area contributed by atoms with Crippen molar-refractivity contribution >= 4 is 17.2 Å². The Morgan fingerprint density at radius 1 is 1.44 bits per heavy atom. The Bertz CT molecular complexity index is 85.0. The van der Waals surface area contributed by atoms with E-state index in [1.807, 2.05) is 13.1 Å². The normalized spacial score (nSPS) is 12.7. The van der Waals surface area contributed by atoms with Crippen molar-refractivity contribution in [3.63, 3.8) is 0 Å². The van der Waals surface area contributed by atoms with Gasteiger partial charge in [0.1, 0.15) is 8.24 Å². The van der Waals surface area contributed by atoms with E-state index in [0.29, 0.717) is 0 Å². The third-order valence-corrected chi connectivity index (χ3v) is 7.12. The number of alkyl halides is 1. The second-order valence-electron chi connectivity index (χ2n) is 3.32. The van der Waals surface area contributed by atoms with Crippen molar-refractivity contribution in [2.75, 3.05) is 6.30 Å². The highest BCUT2D eigenvalue weighted by Gasteiger charge is 2.20. The summed E-state index contributed by atoms with van der Waals surface area (Å²) in [7, 11) is -2.34. The monoisotopic (exact) mass is 165 g/mol. The Hall–Kier alpha value is 0.324. The lowest BCUT2D eigenvalue weighted by Gasteiger charge is -2.21. The zero-order valence-electron chi connectivity index (χ0n) is 6.66. The van der Waals surface area contributed by atoms with E-state index >= 15 is 0 Å². The van der Waals surface area contributed by atoms with Crippen LogP contribution in [-0.2, 0) is 0 Å². The quantitative estimate of drug-likeness (QED) is 0.621. The van der Waals surface area contributed by atoms with Crippen LogP contribution in [0.5, 0.6) is 0 Å². The Kier molecular flexibility index (Phi) is 3.61. The molecule has 0 aliphatic heterocycles. The smallest absolute Gasteiger partial charge is 0.146 e. The van der Waals surface area contributed by atoms with E-state index in [1.165, 1.54) is 0 Å². The fourth-order valence-electron chi connectivity index (χ4n) is 0.820. The molecule has 9 heavy (non-hydrogen) atoms. The van der Waals surface area contributed by atoms with Gasteiger partial charge < -0.3 is 4.65 Å². The summed E-state index contributed by atoms with van der Waals surface area (Å²) in [6.45, 7) is 8.43. The van der Waals surface area contributed by atoms with E-state index in [4.69, 9.17) is 0 Å². The van der Waals surface area contributed by atoms with Crippen molar-refractivity contribution in [1.29, 1.82) is 0 Å². The molecule has 4 heteroatoms. The second kappa shape index (κ2) is 3.48. The molecule has 56 valence electrons. The number of rotatable bonds is 3. The number of hydrogen-bond acceptors (Lipinski definition) is 1. The van der Waals surface area contributed by atoms with Crippen LogP contribution in [0.3, 0.4) is 0 Å². The van der Waals surface area contributed by atoms with Gasteiger partial charge in [0.25, 0.3) is 0 Å². The lowest BCUT2D eigenvalue weighted by Crippen LogP contribution is -2.52. The molecule has 0 heterocycles. The summed E-state index contributed by atoms with van der Waals surface area (Å²) in [5.74, 6) is 0. The maximum Gasteiger partial charge on any atom is 0.146 e. The molecule has 0 atom stereocenters. The molecule has 0 saturated carbocycles. The zero-order valence-corrected chi connectivity index (χ0v) is 8.82. The van der Waals surface area contributed by atoms with Gasteiger partial charge in [-0.1, -0.05) is 26.2 Å². The summed E-state index contributed by atoms with van der Waals surface area (Å²) < 4.78 is 15.5. The van der Waals surface area contributed by atoms with Crippen LogP contribution in [0, 0.1) is 0 Å². The first-order chi connectivity index (χ1) is 3.98. The molecular weight excluding hydrogens is 149 g/mol. The maximum atomic E-state index is 12.2.